The Labute approximate surface area is 93.4 Å². The fourth-order valence-electron chi connectivity index (χ4n) is 0.977. The highest BCUT2D eigenvalue weighted by atomic mass is 35.5. The van der Waals surface area contributed by atoms with E-state index in [1.807, 2.05) is 0 Å². The number of carbonyl (C=O) groups excluding carboxylic acids is 1. The molecule has 1 aromatic carbocycles. The van der Waals surface area contributed by atoms with E-state index in [1.54, 1.807) is 0 Å². The van der Waals surface area contributed by atoms with Crippen molar-refractivity contribution in [1.82, 2.24) is 5.32 Å². The molecule has 84 valence electrons. The van der Waals surface area contributed by atoms with E-state index in [2.05, 4.69) is 16.9 Å². The molecule has 0 aromatic heterocycles. The molecule has 1 amide bonds. The van der Waals surface area contributed by atoms with E-state index in [9.17, 15) is 9.18 Å². The van der Waals surface area contributed by atoms with Gasteiger partial charge in [-0.2, -0.15) is 0 Å². The maximum atomic E-state index is 12.5. The predicted octanol–water partition coefficient (Wildman–Crippen LogP) is 1.43. The Morgan fingerprint density at radius 1 is 1.40 bits per heavy atom. The molecule has 1 aromatic rings. The van der Waals surface area contributed by atoms with Crippen molar-refractivity contribution in [3.8, 4) is 0 Å². The fraction of sp³-hybridized carbons (Fsp3) is 0.300. The van der Waals surface area contributed by atoms with Crippen LogP contribution in [0.1, 0.15) is 11.6 Å². The third-order valence-corrected chi connectivity index (χ3v) is 1.76. The summed E-state index contributed by atoms with van der Waals surface area (Å²) in [6, 6.07) is 4.81. The normalized spacial score (nSPS) is 11.0. The number of alkyl halides is 1. The van der Waals surface area contributed by atoms with Gasteiger partial charge >= 0.3 is 0 Å². The number of halogens is 2. The molecule has 0 fully saturated rings. The van der Waals surface area contributed by atoms with Crippen LogP contribution in [0.3, 0.4) is 0 Å². The van der Waals surface area contributed by atoms with Crippen LogP contribution in [0.5, 0.6) is 0 Å². The number of nitrogens with one attached hydrogen (secondary N) is 1. The first-order chi connectivity index (χ1) is 7.15. The van der Waals surface area contributed by atoms with Crippen LogP contribution in [0.2, 0.25) is 0 Å². The van der Waals surface area contributed by atoms with Gasteiger partial charge < -0.3 is 11.1 Å². The Morgan fingerprint density at radius 2 is 1.87 bits per heavy atom. The summed E-state index contributed by atoms with van der Waals surface area (Å²) in [7, 11) is 1.51. The van der Waals surface area contributed by atoms with E-state index in [0.717, 1.165) is 0 Å². The van der Waals surface area contributed by atoms with Crippen molar-refractivity contribution in [1.29, 1.82) is 0 Å². The van der Waals surface area contributed by atoms with E-state index < -0.39 is 6.04 Å². The van der Waals surface area contributed by atoms with Crippen molar-refractivity contribution in [2.45, 2.75) is 6.04 Å². The molecular weight excluding hydrogens is 219 g/mol. The number of rotatable bonds is 2. The van der Waals surface area contributed by atoms with Gasteiger partial charge in [0.2, 0.25) is 5.91 Å². The number of benzene rings is 1. The molecule has 0 saturated carbocycles. The second-order valence-electron chi connectivity index (χ2n) is 2.64. The molecule has 1 atom stereocenters. The molecule has 0 spiro atoms. The Kier molecular flexibility index (Phi) is 6.66. The molecule has 0 aliphatic rings. The molecule has 15 heavy (non-hydrogen) atoms. The summed E-state index contributed by atoms with van der Waals surface area (Å²) in [5.74, 6) is -0.625. The maximum absolute atomic E-state index is 12.5. The van der Waals surface area contributed by atoms with Gasteiger partial charge in [0.05, 0.1) is 0 Å². The van der Waals surface area contributed by atoms with Crippen molar-refractivity contribution < 1.29 is 9.18 Å². The van der Waals surface area contributed by atoms with Crippen LogP contribution >= 0.6 is 11.6 Å². The van der Waals surface area contributed by atoms with Crippen molar-refractivity contribution >= 4 is 17.5 Å². The van der Waals surface area contributed by atoms with Gasteiger partial charge in [-0.25, -0.2) is 4.39 Å². The summed E-state index contributed by atoms with van der Waals surface area (Å²) in [6.45, 7) is 0. The van der Waals surface area contributed by atoms with E-state index in [0.29, 0.717) is 5.56 Å². The van der Waals surface area contributed by atoms with Crippen LogP contribution in [-0.2, 0) is 4.79 Å². The van der Waals surface area contributed by atoms with E-state index in [4.69, 9.17) is 5.73 Å². The Morgan fingerprint density at radius 3 is 2.27 bits per heavy atom. The van der Waals surface area contributed by atoms with Crippen LogP contribution in [0.25, 0.3) is 0 Å². The maximum Gasteiger partial charge on any atom is 0.241 e. The molecule has 3 nitrogen and oxygen atoms in total. The summed E-state index contributed by atoms with van der Waals surface area (Å²) < 4.78 is 12.5. The smallest absolute Gasteiger partial charge is 0.241 e. The lowest BCUT2D eigenvalue weighted by Gasteiger charge is -2.09. The van der Waals surface area contributed by atoms with Gasteiger partial charge in [0.15, 0.2) is 0 Å². The second kappa shape index (κ2) is 7.20. The highest BCUT2D eigenvalue weighted by molar-refractivity contribution is 6.15. The highest BCUT2D eigenvalue weighted by Gasteiger charge is 2.13. The molecule has 0 aliphatic carbocycles. The monoisotopic (exact) mass is 232 g/mol. The quantitative estimate of drug-likeness (QED) is 0.758. The third kappa shape index (κ3) is 4.27. The van der Waals surface area contributed by atoms with Gasteiger partial charge in [-0.05, 0) is 17.7 Å². The SMILES string of the molecule is CCl.CNC(=O)[C@@H](N)c1ccc(F)cc1. The lowest BCUT2D eigenvalue weighted by atomic mass is 10.1. The zero-order chi connectivity index (χ0) is 11.8. The number of hydrogen-bond donors (Lipinski definition) is 2. The molecule has 5 heteroatoms. The Balaban J connectivity index is 0.000000921. The minimum atomic E-state index is -0.731. The largest absolute Gasteiger partial charge is 0.358 e. The van der Waals surface area contributed by atoms with Crippen LogP contribution in [0.4, 0.5) is 4.39 Å². The second-order valence-corrected chi connectivity index (χ2v) is 2.64. The van der Waals surface area contributed by atoms with E-state index in [1.165, 1.54) is 37.7 Å². The van der Waals surface area contributed by atoms with Gasteiger partial charge in [0.25, 0.3) is 0 Å². The molecule has 0 unspecified atom stereocenters. The molecular formula is C10H14ClFN2O. The van der Waals surface area contributed by atoms with E-state index >= 15 is 0 Å². The third-order valence-electron chi connectivity index (χ3n) is 1.76. The number of nitrogens with two attached hydrogens (primary N) is 1. The van der Waals surface area contributed by atoms with Gasteiger partial charge in [0, 0.05) is 13.4 Å². The van der Waals surface area contributed by atoms with E-state index in [-0.39, 0.29) is 11.7 Å². The number of hydrogen-bond acceptors (Lipinski definition) is 2. The standard InChI is InChI=1S/C9H11FN2O.CH3Cl/c1-12-9(13)8(11)6-2-4-7(10)5-3-6;1-2/h2-5,8H,11H2,1H3,(H,12,13);1H3/t8-;/m0./s1. The summed E-state index contributed by atoms with van der Waals surface area (Å²) >= 11 is 4.64. The predicted molar refractivity (Wildman–Crippen MR) is 59.2 cm³/mol. The van der Waals surface area contributed by atoms with Crippen molar-refractivity contribution in [3.05, 3.63) is 35.6 Å². The van der Waals surface area contributed by atoms with Gasteiger partial charge in [-0.1, -0.05) is 12.1 Å². The molecule has 0 aliphatic heterocycles. The van der Waals surface area contributed by atoms with Crippen LogP contribution in [-0.4, -0.2) is 19.3 Å². The first kappa shape index (κ1) is 13.9. The summed E-state index contributed by atoms with van der Waals surface area (Å²) in [6.07, 6.45) is 1.47. The Bertz CT molecular complexity index is 303. The molecule has 0 radical (unpaired) electrons. The molecule has 3 N–H and O–H groups in total. The van der Waals surface area contributed by atoms with Crippen molar-refractivity contribution in [2.75, 3.05) is 13.4 Å². The van der Waals surface area contributed by atoms with Crippen LogP contribution in [0.15, 0.2) is 24.3 Å². The van der Waals surface area contributed by atoms with Crippen molar-refractivity contribution in [3.63, 3.8) is 0 Å². The van der Waals surface area contributed by atoms with Gasteiger partial charge in [-0.3, -0.25) is 4.79 Å². The first-order valence-corrected chi connectivity index (χ1v) is 5.01. The van der Waals surface area contributed by atoms with Crippen LogP contribution < -0.4 is 11.1 Å². The van der Waals surface area contributed by atoms with Gasteiger partial charge in [-0.15, -0.1) is 11.6 Å². The van der Waals surface area contributed by atoms with Crippen LogP contribution in [0, 0.1) is 5.82 Å². The lowest BCUT2D eigenvalue weighted by molar-refractivity contribution is -0.121. The summed E-state index contributed by atoms with van der Waals surface area (Å²) in [5.41, 5.74) is 6.16. The molecule has 0 bridgehead atoms. The number of carbonyl (C=O) groups is 1. The Hall–Kier alpha value is -1.13. The minimum absolute atomic E-state index is 0.286. The first-order valence-electron chi connectivity index (χ1n) is 4.25. The average Bonchev–Trinajstić information content (AvgIpc) is 2.31. The number of likely N-dealkylation sites (N-methyl/N-ethyl adjacent to an activating group) is 1. The molecule has 1 rings (SSSR count). The highest BCUT2D eigenvalue weighted by Crippen LogP contribution is 2.10. The average molecular weight is 233 g/mol. The summed E-state index contributed by atoms with van der Waals surface area (Å²) in [5, 5.41) is 2.42. The number of amides is 1. The zero-order valence-corrected chi connectivity index (χ0v) is 9.38. The minimum Gasteiger partial charge on any atom is -0.358 e. The fourth-order valence-corrected chi connectivity index (χ4v) is 0.977. The lowest BCUT2D eigenvalue weighted by Crippen LogP contribution is -2.31. The van der Waals surface area contributed by atoms with Crippen molar-refractivity contribution in [2.24, 2.45) is 5.73 Å². The topological polar surface area (TPSA) is 55.1 Å². The summed E-state index contributed by atoms with van der Waals surface area (Å²) in [4.78, 5) is 11.1. The van der Waals surface area contributed by atoms with Gasteiger partial charge in [0.1, 0.15) is 11.9 Å². The molecule has 0 heterocycles. The molecule has 0 saturated heterocycles. The zero-order valence-electron chi connectivity index (χ0n) is 8.63.